The number of carbonyl (C=O) groups is 1. The van der Waals surface area contributed by atoms with Crippen molar-refractivity contribution in [3.8, 4) is 0 Å². The lowest BCUT2D eigenvalue weighted by molar-refractivity contribution is -0.121. The fourth-order valence-electron chi connectivity index (χ4n) is 2.39. The molecule has 0 atom stereocenters. The number of rotatable bonds is 5. The summed E-state index contributed by atoms with van der Waals surface area (Å²) >= 11 is 1.53. The SMILES string of the molecule is O=C(NCc1cscn1)C(c1ccccc1)c1ccccc1. The van der Waals surface area contributed by atoms with Crippen LogP contribution in [0.4, 0.5) is 0 Å². The Labute approximate surface area is 133 Å². The first kappa shape index (κ1) is 14.5. The van der Waals surface area contributed by atoms with Crippen molar-refractivity contribution >= 4 is 17.2 Å². The van der Waals surface area contributed by atoms with Crippen LogP contribution in [-0.2, 0) is 11.3 Å². The maximum absolute atomic E-state index is 12.7. The zero-order valence-corrected chi connectivity index (χ0v) is 12.8. The van der Waals surface area contributed by atoms with Gasteiger partial charge in [-0.25, -0.2) is 4.98 Å². The Morgan fingerprint density at radius 1 is 1.00 bits per heavy atom. The number of amides is 1. The van der Waals surface area contributed by atoms with E-state index in [1.807, 2.05) is 66.0 Å². The van der Waals surface area contributed by atoms with Crippen molar-refractivity contribution < 1.29 is 4.79 Å². The van der Waals surface area contributed by atoms with Gasteiger partial charge in [0.15, 0.2) is 0 Å². The van der Waals surface area contributed by atoms with Crippen LogP contribution in [0.5, 0.6) is 0 Å². The number of benzene rings is 2. The third-order valence-corrected chi connectivity index (χ3v) is 4.09. The molecule has 3 aromatic rings. The van der Waals surface area contributed by atoms with Gasteiger partial charge in [-0.2, -0.15) is 0 Å². The van der Waals surface area contributed by atoms with Gasteiger partial charge >= 0.3 is 0 Å². The highest BCUT2D eigenvalue weighted by Gasteiger charge is 2.22. The number of hydrogen-bond acceptors (Lipinski definition) is 3. The molecule has 1 aromatic heterocycles. The Bertz CT molecular complexity index is 672. The zero-order chi connectivity index (χ0) is 15.2. The molecule has 1 amide bonds. The van der Waals surface area contributed by atoms with Crippen LogP contribution in [-0.4, -0.2) is 10.9 Å². The predicted molar refractivity (Wildman–Crippen MR) is 88.7 cm³/mol. The van der Waals surface area contributed by atoms with Crippen molar-refractivity contribution in [2.24, 2.45) is 0 Å². The lowest BCUT2D eigenvalue weighted by Gasteiger charge is -2.17. The highest BCUT2D eigenvalue weighted by molar-refractivity contribution is 7.07. The molecule has 3 rings (SSSR count). The molecular weight excluding hydrogens is 292 g/mol. The van der Waals surface area contributed by atoms with Gasteiger partial charge < -0.3 is 5.32 Å². The summed E-state index contributed by atoms with van der Waals surface area (Å²) in [4.78, 5) is 16.9. The van der Waals surface area contributed by atoms with Crippen LogP contribution in [0.2, 0.25) is 0 Å². The van der Waals surface area contributed by atoms with Crippen molar-refractivity contribution in [1.29, 1.82) is 0 Å². The smallest absolute Gasteiger partial charge is 0.232 e. The number of nitrogens with zero attached hydrogens (tertiary/aromatic N) is 1. The third-order valence-electron chi connectivity index (χ3n) is 3.46. The minimum Gasteiger partial charge on any atom is -0.350 e. The molecule has 0 spiro atoms. The van der Waals surface area contributed by atoms with Gasteiger partial charge in [0.05, 0.1) is 23.7 Å². The molecule has 0 aliphatic rings. The molecule has 1 heterocycles. The van der Waals surface area contributed by atoms with Crippen LogP contribution in [0.25, 0.3) is 0 Å². The Balaban J connectivity index is 1.83. The molecule has 22 heavy (non-hydrogen) atoms. The van der Waals surface area contributed by atoms with Crippen LogP contribution in [0.15, 0.2) is 71.6 Å². The molecular formula is C18H16N2OS. The number of aromatic nitrogens is 1. The lowest BCUT2D eigenvalue weighted by Crippen LogP contribution is -2.29. The average molecular weight is 308 g/mol. The third kappa shape index (κ3) is 3.40. The van der Waals surface area contributed by atoms with Gasteiger partial charge in [-0.15, -0.1) is 11.3 Å². The summed E-state index contributed by atoms with van der Waals surface area (Å²) < 4.78 is 0. The largest absolute Gasteiger partial charge is 0.350 e. The quantitative estimate of drug-likeness (QED) is 0.782. The average Bonchev–Trinajstić information content (AvgIpc) is 3.09. The van der Waals surface area contributed by atoms with Crippen molar-refractivity contribution in [2.75, 3.05) is 0 Å². The lowest BCUT2D eigenvalue weighted by atomic mass is 9.90. The molecule has 0 fully saturated rings. The fraction of sp³-hybridized carbons (Fsp3) is 0.111. The molecule has 0 unspecified atom stereocenters. The Morgan fingerprint density at radius 2 is 1.59 bits per heavy atom. The zero-order valence-electron chi connectivity index (χ0n) is 12.0. The van der Waals surface area contributed by atoms with Gasteiger partial charge in [-0.1, -0.05) is 60.7 Å². The second-order valence-electron chi connectivity index (χ2n) is 4.95. The number of hydrogen-bond donors (Lipinski definition) is 1. The molecule has 0 bridgehead atoms. The second-order valence-corrected chi connectivity index (χ2v) is 5.67. The molecule has 4 heteroatoms. The Kier molecular flexibility index (Phi) is 4.61. The van der Waals surface area contributed by atoms with E-state index in [0.717, 1.165) is 16.8 Å². The topological polar surface area (TPSA) is 42.0 Å². The van der Waals surface area contributed by atoms with E-state index in [2.05, 4.69) is 10.3 Å². The normalized spacial score (nSPS) is 10.6. The maximum atomic E-state index is 12.7. The van der Waals surface area contributed by atoms with E-state index in [0.29, 0.717) is 6.54 Å². The van der Waals surface area contributed by atoms with Crippen LogP contribution < -0.4 is 5.32 Å². The summed E-state index contributed by atoms with van der Waals surface area (Å²) in [6.45, 7) is 0.457. The van der Waals surface area contributed by atoms with Crippen LogP contribution in [0, 0.1) is 0 Å². The van der Waals surface area contributed by atoms with Gasteiger partial charge in [-0.05, 0) is 11.1 Å². The van der Waals surface area contributed by atoms with E-state index >= 15 is 0 Å². The summed E-state index contributed by atoms with van der Waals surface area (Å²) in [7, 11) is 0. The van der Waals surface area contributed by atoms with Crippen molar-refractivity contribution in [1.82, 2.24) is 10.3 Å². The molecule has 3 nitrogen and oxygen atoms in total. The van der Waals surface area contributed by atoms with E-state index in [-0.39, 0.29) is 11.8 Å². The molecule has 0 radical (unpaired) electrons. The first-order valence-corrected chi connectivity index (χ1v) is 8.03. The molecule has 110 valence electrons. The summed E-state index contributed by atoms with van der Waals surface area (Å²) in [5.74, 6) is -0.313. The minimum absolute atomic E-state index is 0.00889. The standard InChI is InChI=1S/C18H16N2OS/c21-18(19-11-16-12-22-13-20-16)17(14-7-3-1-4-8-14)15-9-5-2-6-10-15/h1-10,12-13,17H,11H2,(H,19,21). The van der Waals surface area contributed by atoms with Crippen molar-refractivity contribution in [2.45, 2.75) is 12.5 Å². The first-order chi connectivity index (χ1) is 10.8. The highest BCUT2D eigenvalue weighted by Crippen LogP contribution is 2.24. The van der Waals surface area contributed by atoms with E-state index in [4.69, 9.17) is 0 Å². The Hall–Kier alpha value is -2.46. The Morgan fingerprint density at radius 3 is 2.09 bits per heavy atom. The molecule has 1 N–H and O–H groups in total. The maximum Gasteiger partial charge on any atom is 0.232 e. The number of thiazole rings is 1. The first-order valence-electron chi connectivity index (χ1n) is 7.09. The number of carbonyl (C=O) groups excluding carboxylic acids is 1. The van der Waals surface area contributed by atoms with Crippen LogP contribution >= 0.6 is 11.3 Å². The summed E-state index contributed by atoms with van der Waals surface area (Å²) in [5.41, 5.74) is 4.64. The van der Waals surface area contributed by atoms with Gasteiger partial charge in [-0.3, -0.25) is 4.79 Å². The van der Waals surface area contributed by atoms with Gasteiger partial charge in [0.1, 0.15) is 0 Å². The minimum atomic E-state index is -0.305. The van der Waals surface area contributed by atoms with Gasteiger partial charge in [0.2, 0.25) is 5.91 Å². The van der Waals surface area contributed by atoms with E-state index in [1.54, 1.807) is 5.51 Å². The summed E-state index contributed by atoms with van der Waals surface area (Å²) in [5, 5.41) is 4.93. The molecule has 0 aliphatic heterocycles. The molecule has 0 saturated carbocycles. The van der Waals surface area contributed by atoms with Crippen molar-refractivity contribution in [3.63, 3.8) is 0 Å². The van der Waals surface area contributed by atoms with Crippen LogP contribution in [0.1, 0.15) is 22.7 Å². The van der Waals surface area contributed by atoms with E-state index in [9.17, 15) is 4.79 Å². The fourth-order valence-corrected chi connectivity index (χ4v) is 2.95. The monoisotopic (exact) mass is 308 g/mol. The molecule has 0 saturated heterocycles. The molecule has 0 aliphatic carbocycles. The summed E-state index contributed by atoms with van der Waals surface area (Å²) in [6.07, 6.45) is 0. The van der Waals surface area contributed by atoms with Gasteiger partial charge in [0, 0.05) is 5.38 Å². The summed E-state index contributed by atoms with van der Waals surface area (Å²) in [6, 6.07) is 19.7. The number of nitrogens with one attached hydrogen (secondary N) is 1. The predicted octanol–water partition coefficient (Wildman–Crippen LogP) is 3.59. The second kappa shape index (κ2) is 7.00. The van der Waals surface area contributed by atoms with Gasteiger partial charge in [0.25, 0.3) is 0 Å². The van der Waals surface area contributed by atoms with Crippen molar-refractivity contribution in [3.05, 3.63) is 88.4 Å². The van der Waals surface area contributed by atoms with E-state index < -0.39 is 0 Å². The van der Waals surface area contributed by atoms with Crippen LogP contribution in [0.3, 0.4) is 0 Å². The highest BCUT2D eigenvalue weighted by atomic mass is 32.1. The van der Waals surface area contributed by atoms with E-state index in [1.165, 1.54) is 11.3 Å². The molecule has 2 aromatic carbocycles.